The van der Waals surface area contributed by atoms with Gasteiger partial charge < -0.3 is 5.11 Å². The van der Waals surface area contributed by atoms with Crippen LogP contribution in [0.5, 0.6) is 0 Å². The number of aromatic nitrogens is 2. The monoisotopic (exact) mass is 313 g/mol. The second kappa shape index (κ2) is 6.96. The molecule has 5 nitrogen and oxygen atoms in total. The second-order valence-electron chi connectivity index (χ2n) is 6.17. The third kappa shape index (κ3) is 3.79. The van der Waals surface area contributed by atoms with Crippen LogP contribution in [0.15, 0.2) is 36.5 Å². The maximum Gasteiger partial charge on any atom is 0.335 e. The molecular formula is C18H23N3O2. The summed E-state index contributed by atoms with van der Waals surface area (Å²) in [5.74, 6) is -0.457. The number of aromatic carboxylic acids is 1. The van der Waals surface area contributed by atoms with Crippen LogP contribution in [0.3, 0.4) is 0 Å². The van der Waals surface area contributed by atoms with E-state index in [-0.39, 0.29) is 0 Å². The summed E-state index contributed by atoms with van der Waals surface area (Å²) in [4.78, 5) is 13.6. The van der Waals surface area contributed by atoms with Gasteiger partial charge in [0.1, 0.15) is 0 Å². The van der Waals surface area contributed by atoms with Gasteiger partial charge in [0.15, 0.2) is 0 Å². The fourth-order valence-electron chi connectivity index (χ4n) is 3.29. The SMILES string of the molecule is CCn1ccc(CN2CCC[C@@H](c3cccc(C(=O)O)c3)C2)n1. The van der Waals surface area contributed by atoms with Crippen molar-refractivity contribution in [2.75, 3.05) is 13.1 Å². The zero-order chi connectivity index (χ0) is 16.2. The summed E-state index contributed by atoms with van der Waals surface area (Å²) in [7, 11) is 0. The quantitative estimate of drug-likeness (QED) is 0.922. The van der Waals surface area contributed by atoms with Crippen molar-refractivity contribution in [3.05, 3.63) is 53.3 Å². The van der Waals surface area contributed by atoms with E-state index < -0.39 is 5.97 Å². The first-order valence-electron chi connectivity index (χ1n) is 8.23. The van der Waals surface area contributed by atoms with Gasteiger partial charge >= 0.3 is 5.97 Å². The number of likely N-dealkylation sites (tertiary alicyclic amines) is 1. The third-order valence-electron chi connectivity index (χ3n) is 4.52. The number of rotatable bonds is 5. The normalized spacial score (nSPS) is 18.9. The Kier molecular flexibility index (Phi) is 4.76. The van der Waals surface area contributed by atoms with Gasteiger partial charge in [0, 0.05) is 25.8 Å². The Balaban J connectivity index is 1.68. The molecule has 1 saturated heterocycles. The van der Waals surface area contributed by atoms with Crippen LogP contribution in [0.2, 0.25) is 0 Å². The van der Waals surface area contributed by atoms with E-state index in [4.69, 9.17) is 5.11 Å². The van der Waals surface area contributed by atoms with Crippen LogP contribution in [-0.4, -0.2) is 38.8 Å². The van der Waals surface area contributed by atoms with Crippen molar-refractivity contribution in [2.45, 2.75) is 38.8 Å². The smallest absolute Gasteiger partial charge is 0.335 e. The zero-order valence-corrected chi connectivity index (χ0v) is 13.5. The molecular weight excluding hydrogens is 290 g/mol. The van der Waals surface area contributed by atoms with Crippen LogP contribution in [0.4, 0.5) is 0 Å². The highest BCUT2D eigenvalue weighted by molar-refractivity contribution is 5.87. The first-order chi connectivity index (χ1) is 11.2. The molecule has 1 fully saturated rings. The molecule has 1 aromatic carbocycles. The molecule has 5 heteroatoms. The lowest BCUT2D eigenvalue weighted by molar-refractivity contribution is 0.0696. The van der Waals surface area contributed by atoms with Gasteiger partial charge in [-0.25, -0.2) is 4.79 Å². The number of carboxylic acid groups (broad SMARTS) is 1. The lowest BCUT2D eigenvalue weighted by atomic mass is 9.89. The van der Waals surface area contributed by atoms with Gasteiger partial charge in [-0.15, -0.1) is 0 Å². The standard InChI is InChI=1S/C18H23N3O2/c1-2-21-10-8-17(19-21)13-20-9-4-7-16(12-20)14-5-3-6-15(11-14)18(22)23/h3,5-6,8,10-11,16H,2,4,7,9,12-13H2,1H3,(H,22,23)/t16-/m1/s1. The Hall–Kier alpha value is -2.14. The minimum Gasteiger partial charge on any atom is -0.478 e. The second-order valence-corrected chi connectivity index (χ2v) is 6.17. The van der Waals surface area contributed by atoms with Crippen LogP contribution >= 0.6 is 0 Å². The number of aryl methyl sites for hydroxylation is 1. The Morgan fingerprint density at radius 1 is 1.39 bits per heavy atom. The van der Waals surface area contributed by atoms with Crippen molar-refractivity contribution in [3.8, 4) is 0 Å². The van der Waals surface area contributed by atoms with E-state index in [1.165, 1.54) is 0 Å². The Morgan fingerprint density at radius 2 is 2.26 bits per heavy atom. The van der Waals surface area contributed by atoms with Gasteiger partial charge in [-0.3, -0.25) is 9.58 Å². The predicted molar refractivity (Wildman–Crippen MR) is 88.6 cm³/mol. The fraction of sp³-hybridized carbons (Fsp3) is 0.444. The maximum absolute atomic E-state index is 11.2. The minimum absolute atomic E-state index is 0.376. The fourth-order valence-corrected chi connectivity index (χ4v) is 3.29. The average Bonchev–Trinajstić information content (AvgIpc) is 3.03. The number of piperidine rings is 1. The summed E-state index contributed by atoms with van der Waals surface area (Å²) in [5.41, 5.74) is 2.61. The molecule has 122 valence electrons. The number of nitrogens with zero attached hydrogens (tertiary/aromatic N) is 3. The average molecular weight is 313 g/mol. The molecule has 0 saturated carbocycles. The Labute approximate surface area is 136 Å². The highest BCUT2D eigenvalue weighted by atomic mass is 16.4. The molecule has 1 atom stereocenters. The molecule has 23 heavy (non-hydrogen) atoms. The summed E-state index contributed by atoms with van der Waals surface area (Å²) in [6.45, 7) is 5.88. The lowest BCUT2D eigenvalue weighted by Gasteiger charge is -2.32. The summed E-state index contributed by atoms with van der Waals surface area (Å²) in [6.07, 6.45) is 4.27. The van der Waals surface area contributed by atoms with Crippen molar-refractivity contribution in [3.63, 3.8) is 0 Å². The molecule has 1 N–H and O–H groups in total. The summed E-state index contributed by atoms with van der Waals surface area (Å²) in [5, 5.41) is 13.7. The number of benzene rings is 1. The van der Waals surface area contributed by atoms with Crippen LogP contribution in [0, 0.1) is 0 Å². The van der Waals surface area contributed by atoms with Gasteiger partial charge in [0.25, 0.3) is 0 Å². The molecule has 2 aromatic rings. The van der Waals surface area contributed by atoms with Gasteiger partial charge in [-0.1, -0.05) is 12.1 Å². The Bertz CT molecular complexity index is 680. The molecule has 0 bridgehead atoms. The number of carbonyl (C=O) groups is 1. The van der Waals surface area contributed by atoms with Crippen LogP contribution in [-0.2, 0) is 13.1 Å². The molecule has 0 unspecified atom stereocenters. The van der Waals surface area contributed by atoms with E-state index in [0.717, 1.165) is 50.3 Å². The van der Waals surface area contributed by atoms with Crippen molar-refractivity contribution >= 4 is 5.97 Å². The molecule has 0 amide bonds. The lowest BCUT2D eigenvalue weighted by Crippen LogP contribution is -2.34. The predicted octanol–water partition coefficient (Wildman–Crippen LogP) is 2.98. The largest absolute Gasteiger partial charge is 0.478 e. The minimum atomic E-state index is -0.857. The first kappa shape index (κ1) is 15.7. The van der Waals surface area contributed by atoms with E-state index in [1.54, 1.807) is 6.07 Å². The van der Waals surface area contributed by atoms with Gasteiger partial charge in [-0.2, -0.15) is 5.10 Å². The van der Waals surface area contributed by atoms with Gasteiger partial charge in [-0.05, 0) is 56.0 Å². The van der Waals surface area contributed by atoms with Crippen molar-refractivity contribution < 1.29 is 9.90 Å². The summed E-state index contributed by atoms with van der Waals surface area (Å²) >= 11 is 0. The highest BCUT2D eigenvalue weighted by Gasteiger charge is 2.22. The van der Waals surface area contributed by atoms with Crippen LogP contribution in [0.25, 0.3) is 0 Å². The van der Waals surface area contributed by atoms with Crippen LogP contribution in [0.1, 0.15) is 47.3 Å². The molecule has 0 aliphatic carbocycles. The molecule has 3 rings (SSSR count). The van der Waals surface area contributed by atoms with E-state index in [0.29, 0.717) is 11.5 Å². The highest BCUT2D eigenvalue weighted by Crippen LogP contribution is 2.28. The van der Waals surface area contributed by atoms with Crippen molar-refractivity contribution in [1.29, 1.82) is 0 Å². The third-order valence-corrected chi connectivity index (χ3v) is 4.52. The van der Waals surface area contributed by atoms with E-state index in [2.05, 4.69) is 23.0 Å². The Morgan fingerprint density at radius 3 is 3.00 bits per heavy atom. The zero-order valence-electron chi connectivity index (χ0n) is 13.5. The molecule has 2 heterocycles. The molecule has 1 aromatic heterocycles. The first-order valence-corrected chi connectivity index (χ1v) is 8.23. The van der Waals surface area contributed by atoms with Crippen LogP contribution < -0.4 is 0 Å². The molecule has 0 radical (unpaired) electrons. The number of hydrogen-bond acceptors (Lipinski definition) is 3. The van der Waals surface area contributed by atoms with Crippen molar-refractivity contribution in [2.24, 2.45) is 0 Å². The maximum atomic E-state index is 11.2. The summed E-state index contributed by atoms with van der Waals surface area (Å²) in [6, 6.07) is 9.46. The van der Waals surface area contributed by atoms with Gasteiger partial charge in [0.05, 0.1) is 11.3 Å². The van der Waals surface area contributed by atoms with E-state index in [1.807, 2.05) is 29.1 Å². The number of carboxylic acids is 1. The van der Waals surface area contributed by atoms with Crippen molar-refractivity contribution in [1.82, 2.24) is 14.7 Å². The van der Waals surface area contributed by atoms with E-state index >= 15 is 0 Å². The molecule has 1 aliphatic rings. The topological polar surface area (TPSA) is 58.4 Å². The molecule has 1 aliphatic heterocycles. The summed E-state index contributed by atoms with van der Waals surface area (Å²) < 4.78 is 1.95. The van der Waals surface area contributed by atoms with Gasteiger partial charge in [0.2, 0.25) is 0 Å². The molecule has 0 spiro atoms. The van der Waals surface area contributed by atoms with E-state index in [9.17, 15) is 4.79 Å². The number of hydrogen-bond donors (Lipinski definition) is 1.